The highest BCUT2D eigenvalue weighted by Crippen LogP contribution is 2.67. The van der Waals surface area contributed by atoms with Gasteiger partial charge in [0.2, 0.25) is 12.2 Å². The molecule has 6 rings (SSSR count). The zero-order valence-corrected chi connectivity index (χ0v) is 28.0. The Kier molecular flexibility index (Phi) is 9.64. The number of carbonyl (C=O) groups excluding carboxylic acids is 4. The van der Waals surface area contributed by atoms with Gasteiger partial charge in [-0.15, -0.1) is 0 Å². The molecule has 7 atom stereocenters. The Hall–Kier alpha value is -5.24. The molecular formula is C37H38O14. The van der Waals surface area contributed by atoms with Crippen molar-refractivity contribution in [3.8, 4) is 11.5 Å². The van der Waals surface area contributed by atoms with E-state index in [-0.39, 0.29) is 23.7 Å². The Morgan fingerprint density at radius 3 is 2.37 bits per heavy atom. The van der Waals surface area contributed by atoms with Gasteiger partial charge in [0.05, 0.1) is 36.9 Å². The molecule has 3 aliphatic carbocycles. The van der Waals surface area contributed by atoms with Gasteiger partial charge in [0.1, 0.15) is 11.5 Å². The van der Waals surface area contributed by atoms with Gasteiger partial charge in [0, 0.05) is 17.5 Å². The summed E-state index contributed by atoms with van der Waals surface area (Å²) < 4.78 is 28.4. The number of carboxylic acids is 2. The molecule has 4 aliphatic rings. The molecule has 1 fully saturated rings. The highest BCUT2D eigenvalue weighted by molar-refractivity contribution is 5.89. The molecule has 0 radical (unpaired) electrons. The maximum atomic E-state index is 13.6. The number of hydrogen-bond donors (Lipinski definition) is 3. The van der Waals surface area contributed by atoms with Crippen molar-refractivity contribution in [3.63, 3.8) is 0 Å². The number of ketones is 1. The highest BCUT2D eigenvalue weighted by Gasteiger charge is 2.71. The third kappa shape index (κ3) is 6.32. The lowest BCUT2D eigenvalue weighted by atomic mass is 9.47. The van der Waals surface area contributed by atoms with E-state index in [0.29, 0.717) is 24.3 Å². The molecule has 51 heavy (non-hydrogen) atoms. The molecule has 1 heterocycles. The van der Waals surface area contributed by atoms with Crippen molar-refractivity contribution in [2.75, 3.05) is 7.11 Å². The van der Waals surface area contributed by atoms with Gasteiger partial charge in [-0.25, -0.2) is 9.59 Å². The molecule has 14 nitrogen and oxygen atoms in total. The highest BCUT2D eigenvalue weighted by atomic mass is 16.6. The number of Topliss-reactive ketones (excluding diaryl/α,β-unsaturated/α-hetero) is 1. The Morgan fingerprint density at radius 2 is 1.71 bits per heavy atom. The minimum atomic E-state index is -2.08. The number of carboxylic acid groups (broad SMARTS) is 2. The number of esters is 3. The summed E-state index contributed by atoms with van der Waals surface area (Å²) in [5, 5.41) is 30.7. The fraction of sp³-hybridized carbons (Fsp3) is 0.459. The van der Waals surface area contributed by atoms with Crippen LogP contribution in [0.15, 0.2) is 54.3 Å². The summed E-state index contributed by atoms with van der Waals surface area (Å²) in [7, 11) is 1.52. The molecule has 14 heteroatoms. The van der Waals surface area contributed by atoms with E-state index in [1.165, 1.54) is 38.3 Å². The van der Waals surface area contributed by atoms with Gasteiger partial charge in [-0.1, -0.05) is 42.8 Å². The standard InChI is InChI=1S/C37H38O14/c1-19(38)15-22(34(44)51-30(20-7-4-3-5-8-20)35(45)49-26(33(42)43)18-27(39)40)17-28(41)48-25-12-14-37(46)23-9-6-13-36(37)29-21(16-23)10-11-24(47-2)31(29)50-32(25)36/h3-5,7-8,10-12,22-23,26,30,32,46H,6,9,13-18H2,1-2H3,(H,39,40)(H,42,43)/t22-,23-,26+,30-,32+,36+,37-/m0/s1. The molecule has 0 unspecified atom stereocenters. The van der Waals surface area contributed by atoms with Crippen LogP contribution in [0, 0.1) is 11.8 Å². The first kappa shape index (κ1) is 35.6. The first-order valence-electron chi connectivity index (χ1n) is 16.7. The van der Waals surface area contributed by atoms with Crippen molar-refractivity contribution in [3.05, 3.63) is 71.0 Å². The molecular weight excluding hydrogens is 668 g/mol. The van der Waals surface area contributed by atoms with Crippen LogP contribution in [0.4, 0.5) is 0 Å². The minimum absolute atomic E-state index is 0.0356. The third-order valence-corrected chi connectivity index (χ3v) is 10.4. The van der Waals surface area contributed by atoms with Crippen molar-refractivity contribution in [2.45, 2.75) is 87.6 Å². The van der Waals surface area contributed by atoms with E-state index in [0.717, 1.165) is 24.0 Å². The second-order valence-electron chi connectivity index (χ2n) is 13.5. The van der Waals surface area contributed by atoms with Crippen LogP contribution in [0.1, 0.15) is 74.7 Å². The van der Waals surface area contributed by atoms with Gasteiger partial charge >= 0.3 is 29.8 Å². The van der Waals surface area contributed by atoms with Gasteiger partial charge in [-0.2, -0.15) is 0 Å². The largest absolute Gasteiger partial charge is 0.493 e. The SMILES string of the molecule is COc1ccc2c3c1O[C@@H]1C(OC(=O)C[C@H](CC(C)=O)C(=O)O[C@H](C(=O)O[C@H](CC(=O)O)C(=O)O)c4ccccc4)=CC[C@]4(O)[C@@H](CCC[C@@]314)C2. The van der Waals surface area contributed by atoms with Crippen molar-refractivity contribution in [1.29, 1.82) is 0 Å². The van der Waals surface area contributed by atoms with E-state index in [9.17, 15) is 39.0 Å². The molecule has 1 aliphatic heterocycles. The molecule has 2 aromatic carbocycles. The summed E-state index contributed by atoms with van der Waals surface area (Å²) in [6.07, 6.45) is -2.19. The number of carbonyl (C=O) groups is 6. The van der Waals surface area contributed by atoms with E-state index >= 15 is 0 Å². The molecule has 0 amide bonds. The second kappa shape index (κ2) is 13.8. The van der Waals surface area contributed by atoms with Crippen molar-refractivity contribution in [1.82, 2.24) is 0 Å². The lowest BCUT2D eigenvalue weighted by molar-refractivity contribution is -0.181. The quantitative estimate of drug-likeness (QED) is 0.190. The summed E-state index contributed by atoms with van der Waals surface area (Å²) in [6.45, 7) is 1.21. The van der Waals surface area contributed by atoms with E-state index in [4.69, 9.17) is 28.8 Å². The van der Waals surface area contributed by atoms with E-state index in [2.05, 4.69) is 0 Å². The van der Waals surface area contributed by atoms with E-state index in [1.54, 1.807) is 12.1 Å². The van der Waals surface area contributed by atoms with Crippen LogP contribution in [0.25, 0.3) is 0 Å². The molecule has 2 aromatic rings. The molecule has 0 saturated heterocycles. The van der Waals surface area contributed by atoms with Gasteiger partial charge in [0.15, 0.2) is 17.6 Å². The Morgan fingerprint density at radius 1 is 0.961 bits per heavy atom. The van der Waals surface area contributed by atoms with Crippen LogP contribution in [0.2, 0.25) is 0 Å². The van der Waals surface area contributed by atoms with Crippen LogP contribution in [0.5, 0.6) is 11.5 Å². The summed E-state index contributed by atoms with van der Waals surface area (Å²) >= 11 is 0. The summed E-state index contributed by atoms with van der Waals surface area (Å²) in [5.41, 5.74) is -0.0685. The topological polar surface area (TPSA) is 209 Å². The average Bonchev–Trinajstić information content (AvgIpc) is 3.43. The number of ether oxygens (including phenoxy) is 5. The van der Waals surface area contributed by atoms with Crippen molar-refractivity contribution in [2.24, 2.45) is 11.8 Å². The fourth-order valence-electron chi connectivity index (χ4n) is 8.27. The fourth-order valence-corrected chi connectivity index (χ4v) is 8.27. The van der Waals surface area contributed by atoms with Gasteiger partial charge in [0.25, 0.3) is 0 Å². The number of methoxy groups -OCH3 is 1. The Bertz CT molecular complexity index is 1800. The van der Waals surface area contributed by atoms with Gasteiger partial charge in [-0.05, 0) is 56.2 Å². The first-order chi connectivity index (χ1) is 24.3. The van der Waals surface area contributed by atoms with Gasteiger partial charge in [-0.3, -0.25) is 14.4 Å². The normalized spacial score (nSPS) is 25.4. The third-order valence-electron chi connectivity index (χ3n) is 10.4. The summed E-state index contributed by atoms with van der Waals surface area (Å²) in [4.78, 5) is 75.3. The monoisotopic (exact) mass is 706 g/mol. The van der Waals surface area contributed by atoms with Crippen LogP contribution < -0.4 is 9.47 Å². The number of benzene rings is 2. The number of hydrogen-bond acceptors (Lipinski definition) is 12. The molecule has 2 bridgehead atoms. The first-order valence-corrected chi connectivity index (χ1v) is 16.7. The molecule has 270 valence electrons. The maximum absolute atomic E-state index is 13.6. The zero-order valence-electron chi connectivity index (χ0n) is 28.0. The van der Waals surface area contributed by atoms with Crippen LogP contribution >= 0.6 is 0 Å². The smallest absolute Gasteiger partial charge is 0.353 e. The average molecular weight is 707 g/mol. The zero-order chi connectivity index (χ0) is 36.7. The lowest BCUT2D eigenvalue weighted by Crippen LogP contribution is -2.67. The predicted molar refractivity (Wildman–Crippen MR) is 172 cm³/mol. The summed E-state index contributed by atoms with van der Waals surface area (Å²) in [6, 6.07) is 11.2. The number of rotatable bonds is 14. The molecule has 3 N–H and O–H groups in total. The predicted octanol–water partition coefficient (Wildman–Crippen LogP) is 3.35. The minimum Gasteiger partial charge on any atom is -0.493 e. The summed E-state index contributed by atoms with van der Waals surface area (Å²) in [5.74, 6) is -7.46. The molecule has 1 saturated carbocycles. The maximum Gasteiger partial charge on any atom is 0.353 e. The Labute approximate surface area is 292 Å². The Balaban J connectivity index is 1.23. The number of aliphatic hydroxyl groups is 1. The lowest BCUT2D eigenvalue weighted by Gasteiger charge is -2.59. The van der Waals surface area contributed by atoms with Crippen molar-refractivity contribution >= 4 is 35.6 Å². The number of aliphatic carboxylic acids is 2. The second-order valence-corrected chi connectivity index (χ2v) is 13.5. The van der Waals surface area contributed by atoms with Crippen LogP contribution in [-0.4, -0.2) is 75.9 Å². The molecule has 0 aromatic heterocycles. The van der Waals surface area contributed by atoms with Crippen molar-refractivity contribution < 1.29 is 67.8 Å². The van der Waals surface area contributed by atoms with Crippen LogP contribution in [-0.2, 0) is 54.8 Å². The van der Waals surface area contributed by atoms with E-state index < -0.39 is 90.1 Å². The van der Waals surface area contributed by atoms with E-state index in [1.807, 2.05) is 12.1 Å². The molecule has 1 spiro atoms. The van der Waals surface area contributed by atoms with Crippen LogP contribution in [0.3, 0.4) is 0 Å². The van der Waals surface area contributed by atoms with Gasteiger partial charge < -0.3 is 43.8 Å².